The van der Waals surface area contributed by atoms with Gasteiger partial charge in [0.1, 0.15) is 11.8 Å². The van der Waals surface area contributed by atoms with E-state index in [0.717, 1.165) is 0 Å². The van der Waals surface area contributed by atoms with Crippen LogP contribution in [0.15, 0.2) is 18.3 Å². The van der Waals surface area contributed by atoms with Gasteiger partial charge in [-0.1, -0.05) is 0 Å². The Morgan fingerprint density at radius 3 is 3.11 bits per heavy atom. The Kier molecular flexibility index (Phi) is 4.44. The number of aliphatic hydroxyl groups is 1. The fourth-order valence-electron chi connectivity index (χ4n) is 1.94. The molecule has 0 aromatic carbocycles. The van der Waals surface area contributed by atoms with E-state index >= 15 is 0 Å². The third-order valence-electron chi connectivity index (χ3n) is 3.01. The Morgan fingerprint density at radius 2 is 2.47 bits per heavy atom. The minimum Gasteiger partial charge on any atom is -0.396 e. The van der Waals surface area contributed by atoms with Crippen molar-refractivity contribution in [3.05, 3.63) is 29.6 Å². The predicted molar refractivity (Wildman–Crippen MR) is 66.3 cm³/mol. The van der Waals surface area contributed by atoms with E-state index in [-0.39, 0.29) is 24.1 Å². The number of aliphatic hydroxyl groups excluding tert-OH is 1. The Bertz CT molecular complexity index is 481. The summed E-state index contributed by atoms with van der Waals surface area (Å²) in [5.41, 5.74) is 0.724. The summed E-state index contributed by atoms with van der Waals surface area (Å²) in [6, 6.07) is 5.02. The first kappa shape index (κ1) is 13.5. The van der Waals surface area contributed by atoms with Crippen LogP contribution < -0.4 is 0 Å². The van der Waals surface area contributed by atoms with Gasteiger partial charge in [0, 0.05) is 31.8 Å². The summed E-state index contributed by atoms with van der Waals surface area (Å²) in [6.45, 7) is 1.89. The number of rotatable bonds is 2. The molecule has 6 nitrogen and oxygen atoms in total. The van der Waals surface area contributed by atoms with E-state index in [1.54, 1.807) is 11.0 Å². The zero-order valence-electron chi connectivity index (χ0n) is 10.5. The number of hydrogen-bond acceptors (Lipinski definition) is 5. The Morgan fingerprint density at radius 1 is 1.63 bits per heavy atom. The molecule has 1 aliphatic heterocycles. The fraction of sp³-hybridized carbons (Fsp3) is 0.462. The summed E-state index contributed by atoms with van der Waals surface area (Å²) in [5.74, 6) is -0.210. The van der Waals surface area contributed by atoms with E-state index in [0.29, 0.717) is 31.9 Å². The van der Waals surface area contributed by atoms with Gasteiger partial charge >= 0.3 is 0 Å². The Balaban J connectivity index is 2.10. The molecule has 1 atom stereocenters. The van der Waals surface area contributed by atoms with Crippen molar-refractivity contribution in [3.63, 3.8) is 0 Å². The van der Waals surface area contributed by atoms with E-state index in [9.17, 15) is 9.90 Å². The van der Waals surface area contributed by atoms with Crippen LogP contribution >= 0.6 is 0 Å². The molecule has 0 spiro atoms. The predicted octanol–water partition coefficient (Wildman–Crippen LogP) is 0.0342. The van der Waals surface area contributed by atoms with Crippen molar-refractivity contribution in [2.24, 2.45) is 5.92 Å². The van der Waals surface area contributed by atoms with E-state index in [1.807, 2.05) is 6.07 Å². The van der Waals surface area contributed by atoms with Gasteiger partial charge in [-0.25, -0.2) is 4.98 Å². The Hall–Kier alpha value is -1.97. The average molecular weight is 261 g/mol. The molecule has 1 amide bonds. The molecule has 0 radical (unpaired) electrons. The van der Waals surface area contributed by atoms with Crippen molar-refractivity contribution >= 4 is 5.91 Å². The third kappa shape index (κ3) is 3.28. The van der Waals surface area contributed by atoms with Gasteiger partial charge in [-0.15, -0.1) is 0 Å². The summed E-state index contributed by atoms with van der Waals surface area (Å²) in [4.78, 5) is 17.8. The highest BCUT2D eigenvalue weighted by Gasteiger charge is 2.23. The van der Waals surface area contributed by atoms with Crippen molar-refractivity contribution in [3.8, 4) is 6.07 Å². The number of pyridine rings is 1. The molecule has 2 rings (SSSR count). The molecule has 0 aliphatic carbocycles. The molecule has 6 heteroatoms. The topological polar surface area (TPSA) is 86.5 Å². The van der Waals surface area contributed by atoms with Crippen LogP contribution in [-0.4, -0.2) is 53.8 Å². The average Bonchev–Trinajstić information content (AvgIpc) is 2.72. The maximum atomic E-state index is 12.3. The van der Waals surface area contributed by atoms with Gasteiger partial charge in [0.15, 0.2) is 0 Å². The van der Waals surface area contributed by atoms with Gasteiger partial charge in [-0.3, -0.25) is 4.79 Å². The van der Waals surface area contributed by atoms with Crippen LogP contribution in [0.5, 0.6) is 0 Å². The minimum atomic E-state index is -0.152. The molecule has 1 N–H and O–H groups in total. The zero-order valence-corrected chi connectivity index (χ0v) is 10.5. The summed E-state index contributed by atoms with van der Waals surface area (Å²) in [7, 11) is 0. The summed E-state index contributed by atoms with van der Waals surface area (Å²) in [5, 5.41) is 17.9. The monoisotopic (exact) mass is 261 g/mol. The number of nitriles is 1. The maximum absolute atomic E-state index is 12.3. The molecule has 0 saturated carbocycles. The van der Waals surface area contributed by atoms with Crippen LogP contribution in [0.2, 0.25) is 0 Å². The van der Waals surface area contributed by atoms with Crippen LogP contribution in [0.1, 0.15) is 16.1 Å². The zero-order chi connectivity index (χ0) is 13.7. The molecule has 0 unspecified atom stereocenters. The molecule has 2 heterocycles. The van der Waals surface area contributed by atoms with Gasteiger partial charge in [-0.05, 0) is 12.1 Å². The van der Waals surface area contributed by atoms with Crippen molar-refractivity contribution in [1.29, 1.82) is 5.26 Å². The van der Waals surface area contributed by atoms with Crippen molar-refractivity contribution in [1.82, 2.24) is 9.88 Å². The number of carbonyl (C=O) groups is 1. The number of hydrogen-bond donors (Lipinski definition) is 1. The largest absolute Gasteiger partial charge is 0.396 e. The van der Waals surface area contributed by atoms with Crippen LogP contribution in [0, 0.1) is 17.2 Å². The highest BCUT2D eigenvalue weighted by molar-refractivity contribution is 5.94. The van der Waals surface area contributed by atoms with E-state index < -0.39 is 0 Å². The minimum absolute atomic E-state index is 0.00456. The second kappa shape index (κ2) is 6.27. The molecule has 1 aromatic rings. The quantitative estimate of drug-likeness (QED) is 0.812. The van der Waals surface area contributed by atoms with Gasteiger partial charge in [0.05, 0.1) is 18.8 Å². The number of nitrogens with zero attached hydrogens (tertiary/aromatic N) is 3. The third-order valence-corrected chi connectivity index (χ3v) is 3.01. The molecule has 1 aliphatic rings. The molecule has 1 fully saturated rings. The second-order valence-electron chi connectivity index (χ2n) is 4.42. The normalized spacial score (nSPS) is 19.6. The van der Waals surface area contributed by atoms with Crippen LogP contribution in [0.25, 0.3) is 0 Å². The lowest BCUT2D eigenvalue weighted by Gasteiger charge is -2.22. The van der Waals surface area contributed by atoms with E-state index in [1.165, 1.54) is 12.3 Å². The van der Waals surface area contributed by atoms with Gasteiger partial charge in [-0.2, -0.15) is 5.26 Å². The smallest absolute Gasteiger partial charge is 0.255 e. The molecule has 0 bridgehead atoms. The standard InChI is InChI=1S/C13H15N3O3/c14-5-12-2-1-11(6-15-12)13(18)16-3-4-19-9-10(7-16)8-17/h1-2,6,10,17H,3-4,7-9H2/t10-/m0/s1. The van der Waals surface area contributed by atoms with E-state index in [4.69, 9.17) is 10.00 Å². The molecular formula is C13H15N3O3. The first-order valence-electron chi connectivity index (χ1n) is 6.08. The van der Waals surface area contributed by atoms with Gasteiger partial charge in [0.2, 0.25) is 0 Å². The lowest BCUT2D eigenvalue weighted by molar-refractivity contribution is 0.0728. The SMILES string of the molecule is N#Cc1ccc(C(=O)N2CCOC[C@H](CO)C2)cn1. The van der Waals surface area contributed by atoms with E-state index in [2.05, 4.69) is 4.98 Å². The molecule has 1 saturated heterocycles. The number of amides is 1. The second-order valence-corrected chi connectivity index (χ2v) is 4.42. The number of ether oxygens (including phenoxy) is 1. The summed E-state index contributed by atoms with van der Waals surface area (Å²) < 4.78 is 5.34. The Labute approximate surface area is 111 Å². The van der Waals surface area contributed by atoms with Crippen LogP contribution in [0.3, 0.4) is 0 Å². The van der Waals surface area contributed by atoms with Crippen LogP contribution in [0.4, 0.5) is 0 Å². The lowest BCUT2D eigenvalue weighted by Crippen LogP contribution is -2.36. The number of carbonyl (C=O) groups excluding carboxylic acids is 1. The summed E-state index contributed by atoms with van der Waals surface area (Å²) >= 11 is 0. The van der Waals surface area contributed by atoms with Crippen molar-refractivity contribution < 1.29 is 14.6 Å². The highest BCUT2D eigenvalue weighted by Crippen LogP contribution is 2.11. The highest BCUT2D eigenvalue weighted by atomic mass is 16.5. The number of aromatic nitrogens is 1. The molecule has 1 aromatic heterocycles. The fourth-order valence-corrected chi connectivity index (χ4v) is 1.94. The van der Waals surface area contributed by atoms with Crippen molar-refractivity contribution in [2.75, 3.05) is 32.9 Å². The lowest BCUT2D eigenvalue weighted by atomic mass is 10.1. The first-order valence-corrected chi connectivity index (χ1v) is 6.08. The van der Waals surface area contributed by atoms with Gasteiger partial charge < -0.3 is 14.7 Å². The maximum Gasteiger partial charge on any atom is 0.255 e. The van der Waals surface area contributed by atoms with Crippen molar-refractivity contribution in [2.45, 2.75) is 0 Å². The molecule has 100 valence electrons. The first-order chi connectivity index (χ1) is 9.24. The molecule has 19 heavy (non-hydrogen) atoms. The summed E-state index contributed by atoms with van der Waals surface area (Å²) in [6.07, 6.45) is 1.40. The molecular weight excluding hydrogens is 246 g/mol. The van der Waals surface area contributed by atoms with Crippen LogP contribution in [-0.2, 0) is 4.74 Å². The van der Waals surface area contributed by atoms with Gasteiger partial charge in [0.25, 0.3) is 5.91 Å².